The number of aryl methyl sites for hydroxylation is 1. The summed E-state index contributed by atoms with van der Waals surface area (Å²) in [6, 6.07) is 14.5. The third kappa shape index (κ3) is 4.27. The summed E-state index contributed by atoms with van der Waals surface area (Å²) in [6.45, 7) is 5.65. The van der Waals surface area contributed by atoms with Crippen molar-refractivity contribution in [2.75, 3.05) is 6.61 Å². The third-order valence-electron chi connectivity index (χ3n) is 5.88. The second kappa shape index (κ2) is 8.93. The first-order valence-corrected chi connectivity index (χ1v) is 10.9. The molecule has 1 atom stereocenters. The molecule has 2 aromatic heterocycles. The van der Waals surface area contributed by atoms with Gasteiger partial charge >= 0.3 is 12.1 Å². The van der Waals surface area contributed by atoms with Gasteiger partial charge in [0.1, 0.15) is 5.41 Å². The minimum Gasteiger partial charge on any atom is -0.465 e. The van der Waals surface area contributed by atoms with Crippen LogP contribution in [0.1, 0.15) is 36.2 Å². The molecule has 0 saturated carbocycles. The molecule has 0 radical (unpaired) electrons. The van der Waals surface area contributed by atoms with Crippen molar-refractivity contribution in [1.82, 2.24) is 14.6 Å². The number of esters is 1. The van der Waals surface area contributed by atoms with E-state index in [2.05, 4.69) is 10.1 Å². The smallest absolute Gasteiger partial charge is 0.416 e. The van der Waals surface area contributed by atoms with Crippen LogP contribution >= 0.6 is 0 Å². The van der Waals surface area contributed by atoms with Crippen LogP contribution in [0.2, 0.25) is 0 Å². The molecule has 0 bridgehead atoms. The Balaban J connectivity index is 1.86. The summed E-state index contributed by atoms with van der Waals surface area (Å²) in [6.07, 6.45) is -0.826. The molecule has 4 rings (SSSR count). The van der Waals surface area contributed by atoms with E-state index in [1.54, 1.807) is 23.8 Å². The van der Waals surface area contributed by atoms with Crippen LogP contribution in [0.25, 0.3) is 16.8 Å². The zero-order valence-electron chi connectivity index (χ0n) is 19.1. The first-order valence-electron chi connectivity index (χ1n) is 10.9. The Kier molecular flexibility index (Phi) is 6.17. The van der Waals surface area contributed by atoms with E-state index in [0.717, 1.165) is 23.3 Å². The number of halogens is 3. The molecule has 2 aromatic carbocycles. The molecule has 0 aliphatic heterocycles. The molecule has 0 spiro atoms. The maximum Gasteiger partial charge on any atom is 0.416 e. The van der Waals surface area contributed by atoms with E-state index >= 15 is 0 Å². The molecule has 4 aromatic rings. The highest BCUT2D eigenvalue weighted by Crippen LogP contribution is 2.35. The number of carbonyl (C=O) groups excluding carboxylic acids is 1. The topological polar surface area (TPSA) is 56.5 Å². The molecule has 176 valence electrons. The van der Waals surface area contributed by atoms with Crippen LogP contribution in [0.4, 0.5) is 13.2 Å². The molecule has 0 aliphatic rings. The summed E-state index contributed by atoms with van der Waals surface area (Å²) in [4.78, 5) is 17.8. The number of fused-ring (bicyclic) bond motifs is 1. The molecule has 2 heterocycles. The number of hydrogen-bond donors (Lipinski definition) is 0. The second-order valence-corrected chi connectivity index (χ2v) is 8.37. The van der Waals surface area contributed by atoms with Crippen molar-refractivity contribution in [3.05, 3.63) is 89.4 Å². The fourth-order valence-corrected chi connectivity index (χ4v) is 4.27. The van der Waals surface area contributed by atoms with Crippen molar-refractivity contribution in [2.24, 2.45) is 0 Å². The van der Waals surface area contributed by atoms with Gasteiger partial charge in [-0.2, -0.15) is 18.3 Å². The van der Waals surface area contributed by atoms with Gasteiger partial charge in [0.15, 0.2) is 5.65 Å². The van der Waals surface area contributed by atoms with Crippen molar-refractivity contribution in [2.45, 2.75) is 38.8 Å². The number of alkyl halides is 3. The highest BCUT2D eigenvalue weighted by molar-refractivity contribution is 5.84. The van der Waals surface area contributed by atoms with Crippen molar-refractivity contribution in [1.29, 1.82) is 0 Å². The normalized spacial score (nSPS) is 13.6. The SMILES string of the molecule is CCOC(=O)[C@](C)(Cc1ccccc1)c1c(C)cnc2c(-c3ccc(C(F)(F)F)cc3)cnn12. The lowest BCUT2D eigenvalue weighted by Crippen LogP contribution is -2.39. The highest BCUT2D eigenvalue weighted by Gasteiger charge is 2.41. The molecule has 0 fully saturated rings. The van der Waals surface area contributed by atoms with Crippen LogP contribution in [0.15, 0.2) is 67.0 Å². The molecule has 0 amide bonds. The summed E-state index contributed by atoms with van der Waals surface area (Å²) in [5.41, 5.74) is 2.09. The monoisotopic (exact) mass is 467 g/mol. The van der Waals surface area contributed by atoms with Gasteiger partial charge in [-0.3, -0.25) is 4.79 Å². The van der Waals surface area contributed by atoms with Crippen LogP contribution in [0, 0.1) is 6.92 Å². The number of benzene rings is 2. The molecule has 8 heteroatoms. The van der Waals surface area contributed by atoms with Gasteiger partial charge in [0.25, 0.3) is 0 Å². The molecular weight excluding hydrogens is 443 g/mol. The van der Waals surface area contributed by atoms with E-state index in [1.807, 2.05) is 44.2 Å². The summed E-state index contributed by atoms with van der Waals surface area (Å²) in [5, 5.41) is 4.50. The van der Waals surface area contributed by atoms with Gasteiger partial charge in [0.05, 0.1) is 24.1 Å². The van der Waals surface area contributed by atoms with Crippen LogP contribution in [0.5, 0.6) is 0 Å². The van der Waals surface area contributed by atoms with Crippen LogP contribution in [-0.4, -0.2) is 27.2 Å². The zero-order valence-corrected chi connectivity index (χ0v) is 19.1. The summed E-state index contributed by atoms with van der Waals surface area (Å²) in [5.74, 6) is -0.388. The highest BCUT2D eigenvalue weighted by atomic mass is 19.4. The van der Waals surface area contributed by atoms with Gasteiger partial charge in [-0.1, -0.05) is 42.5 Å². The van der Waals surface area contributed by atoms with Gasteiger partial charge in [0, 0.05) is 11.8 Å². The maximum atomic E-state index is 13.3. The van der Waals surface area contributed by atoms with E-state index in [1.165, 1.54) is 12.1 Å². The van der Waals surface area contributed by atoms with E-state index in [0.29, 0.717) is 28.9 Å². The summed E-state index contributed by atoms with van der Waals surface area (Å²) >= 11 is 0. The van der Waals surface area contributed by atoms with Gasteiger partial charge in [-0.15, -0.1) is 0 Å². The second-order valence-electron chi connectivity index (χ2n) is 8.37. The Morgan fingerprint density at radius 1 is 1.03 bits per heavy atom. The van der Waals surface area contributed by atoms with Crippen molar-refractivity contribution < 1.29 is 22.7 Å². The molecule has 0 N–H and O–H groups in total. The van der Waals surface area contributed by atoms with Gasteiger partial charge in [-0.05, 0) is 56.0 Å². The predicted octanol–water partition coefficient (Wildman–Crippen LogP) is 5.79. The maximum absolute atomic E-state index is 13.3. The van der Waals surface area contributed by atoms with Crippen LogP contribution in [-0.2, 0) is 27.5 Å². The molecular formula is C26H24F3N3O2. The average Bonchev–Trinajstić information content (AvgIpc) is 3.23. The van der Waals surface area contributed by atoms with Crippen molar-refractivity contribution in [3.63, 3.8) is 0 Å². The zero-order chi connectivity index (χ0) is 24.5. The largest absolute Gasteiger partial charge is 0.465 e. The number of rotatable bonds is 6. The minimum absolute atomic E-state index is 0.229. The summed E-state index contributed by atoms with van der Waals surface area (Å²) < 4.78 is 46.0. The Bertz CT molecular complexity index is 1320. The van der Waals surface area contributed by atoms with Crippen LogP contribution in [0.3, 0.4) is 0 Å². The fourth-order valence-electron chi connectivity index (χ4n) is 4.27. The Hall–Kier alpha value is -3.68. The molecule has 0 unspecified atom stereocenters. The minimum atomic E-state index is -4.42. The lowest BCUT2D eigenvalue weighted by Gasteiger charge is -2.29. The van der Waals surface area contributed by atoms with E-state index in [-0.39, 0.29) is 12.6 Å². The van der Waals surface area contributed by atoms with E-state index in [9.17, 15) is 18.0 Å². The number of ether oxygens (including phenoxy) is 1. The van der Waals surface area contributed by atoms with E-state index < -0.39 is 17.2 Å². The summed E-state index contributed by atoms with van der Waals surface area (Å²) in [7, 11) is 0. The number of aromatic nitrogens is 3. The Morgan fingerprint density at radius 2 is 1.71 bits per heavy atom. The lowest BCUT2D eigenvalue weighted by molar-refractivity contribution is -0.149. The van der Waals surface area contributed by atoms with Gasteiger partial charge < -0.3 is 4.74 Å². The van der Waals surface area contributed by atoms with E-state index in [4.69, 9.17) is 4.74 Å². The van der Waals surface area contributed by atoms with Crippen LogP contribution < -0.4 is 0 Å². The first-order chi connectivity index (χ1) is 16.1. The lowest BCUT2D eigenvalue weighted by atomic mass is 9.78. The number of carbonyl (C=O) groups is 1. The average molecular weight is 467 g/mol. The molecule has 0 saturated heterocycles. The first kappa shape index (κ1) is 23.5. The molecule has 34 heavy (non-hydrogen) atoms. The number of hydrogen-bond acceptors (Lipinski definition) is 4. The fraction of sp³-hybridized carbons (Fsp3) is 0.269. The van der Waals surface area contributed by atoms with Gasteiger partial charge in [0.2, 0.25) is 0 Å². The molecule has 5 nitrogen and oxygen atoms in total. The number of nitrogens with zero attached hydrogens (tertiary/aromatic N) is 3. The van der Waals surface area contributed by atoms with Gasteiger partial charge in [-0.25, -0.2) is 9.50 Å². The van der Waals surface area contributed by atoms with Crippen molar-refractivity contribution >= 4 is 11.6 Å². The standard InChI is InChI=1S/C26H24F3N3O2/c1-4-34-24(33)25(3,14-18-8-6-5-7-9-18)22-17(2)15-30-23-21(16-31-32(22)23)19-10-12-20(13-11-19)26(27,28)29/h5-13,15-16H,4,14H2,1-3H3/t25-/m1/s1. The predicted molar refractivity (Wildman–Crippen MR) is 122 cm³/mol. The quantitative estimate of drug-likeness (QED) is 0.337. The third-order valence-corrected chi connectivity index (χ3v) is 5.88. The van der Waals surface area contributed by atoms with Crippen molar-refractivity contribution in [3.8, 4) is 11.1 Å². The Morgan fingerprint density at radius 3 is 2.32 bits per heavy atom. The molecule has 0 aliphatic carbocycles. The Labute approximate surface area is 195 Å².